The van der Waals surface area contributed by atoms with E-state index in [1.54, 1.807) is 0 Å². The lowest BCUT2D eigenvalue weighted by Gasteiger charge is -1.99. The molecule has 0 aromatic heterocycles. The SMILES string of the molecule is C#CCCCNCCCO. The second-order valence-electron chi connectivity index (χ2n) is 2.13. The van der Waals surface area contributed by atoms with Crippen LogP contribution in [0.3, 0.4) is 0 Å². The van der Waals surface area contributed by atoms with E-state index in [4.69, 9.17) is 11.5 Å². The lowest BCUT2D eigenvalue weighted by atomic mass is 10.3. The van der Waals surface area contributed by atoms with Crippen molar-refractivity contribution in [2.24, 2.45) is 0 Å². The maximum absolute atomic E-state index is 8.40. The van der Waals surface area contributed by atoms with Crippen LogP contribution in [0.25, 0.3) is 0 Å². The first-order valence-electron chi connectivity index (χ1n) is 3.67. The van der Waals surface area contributed by atoms with Crippen LogP contribution < -0.4 is 5.32 Å². The zero-order valence-corrected chi connectivity index (χ0v) is 6.27. The quantitative estimate of drug-likeness (QED) is 0.414. The van der Waals surface area contributed by atoms with E-state index in [1.165, 1.54) is 0 Å². The largest absolute Gasteiger partial charge is 0.396 e. The van der Waals surface area contributed by atoms with Crippen molar-refractivity contribution in [2.45, 2.75) is 19.3 Å². The first kappa shape index (κ1) is 9.48. The summed E-state index contributed by atoms with van der Waals surface area (Å²) in [6.45, 7) is 2.12. The summed E-state index contributed by atoms with van der Waals surface area (Å²) in [6, 6.07) is 0. The Bertz CT molecular complexity index is 95.9. The van der Waals surface area contributed by atoms with Crippen LogP contribution in [0.1, 0.15) is 19.3 Å². The Labute approximate surface area is 62.6 Å². The highest BCUT2D eigenvalue weighted by molar-refractivity contribution is 4.83. The molecule has 0 aromatic carbocycles. The van der Waals surface area contributed by atoms with Crippen molar-refractivity contribution in [3.8, 4) is 12.3 Å². The molecule has 0 aliphatic carbocycles. The van der Waals surface area contributed by atoms with E-state index in [1.807, 2.05) is 0 Å². The Hall–Kier alpha value is -0.520. The molecule has 0 fully saturated rings. The van der Waals surface area contributed by atoms with Crippen LogP contribution in [-0.2, 0) is 0 Å². The molecule has 10 heavy (non-hydrogen) atoms. The van der Waals surface area contributed by atoms with E-state index in [0.717, 1.165) is 32.4 Å². The van der Waals surface area contributed by atoms with Gasteiger partial charge in [0, 0.05) is 13.0 Å². The molecule has 0 atom stereocenters. The number of unbranched alkanes of at least 4 members (excludes halogenated alkanes) is 1. The third-order valence-electron chi connectivity index (χ3n) is 1.19. The van der Waals surface area contributed by atoms with Gasteiger partial charge in [-0.2, -0.15) is 0 Å². The number of nitrogens with one attached hydrogen (secondary N) is 1. The van der Waals surface area contributed by atoms with E-state index < -0.39 is 0 Å². The predicted molar refractivity (Wildman–Crippen MR) is 42.6 cm³/mol. The molecule has 0 aliphatic heterocycles. The summed E-state index contributed by atoms with van der Waals surface area (Å²) in [5.41, 5.74) is 0. The van der Waals surface area contributed by atoms with Gasteiger partial charge in [-0.1, -0.05) is 0 Å². The average molecular weight is 141 g/mol. The van der Waals surface area contributed by atoms with E-state index >= 15 is 0 Å². The molecular weight excluding hydrogens is 126 g/mol. The van der Waals surface area contributed by atoms with E-state index in [9.17, 15) is 0 Å². The lowest BCUT2D eigenvalue weighted by Crippen LogP contribution is -2.17. The highest BCUT2D eigenvalue weighted by atomic mass is 16.3. The van der Waals surface area contributed by atoms with Gasteiger partial charge < -0.3 is 10.4 Å². The number of rotatable bonds is 6. The minimum Gasteiger partial charge on any atom is -0.396 e. The molecule has 0 unspecified atom stereocenters. The van der Waals surface area contributed by atoms with Crippen molar-refractivity contribution in [1.29, 1.82) is 0 Å². The summed E-state index contributed by atoms with van der Waals surface area (Å²) in [6.07, 6.45) is 7.75. The number of hydrogen-bond donors (Lipinski definition) is 2. The molecule has 0 amide bonds. The third kappa shape index (κ3) is 7.48. The van der Waals surface area contributed by atoms with Crippen LogP contribution in [0, 0.1) is 12.3 Å². The molecule has 0 saturated heterocycles. The third-order valence-corrected chi connectivity index (χ3v) is 1.19. The first-order valence-corrected chi connectivity index (χ1v) is 3.67. The molecule has 0 spiro atoms. The standard InChI is InChI=1S/C8H15NO/c1-2-3-4-6-9-7-5-8-10/h1,9-10H,3-8H2. The van der Waals surface area contributed by atoms with Crippen molar-refractivity contribution in [1.82, 2.24) is 5.32 Å². The highest BCUT2D eigenvalue weighted by Gasteiger charge is 1.84. The Morgan fingerprint density at radius 2 is 2.00 bits per heavy atom. The lowest BCUT2D eigenvalue weighted by molar-refractivity contribution is 0.286. The van der Waals surface area contributed by atoms with E-state index in [-0.39, 0.29) is 6.61 Å². The summed E-state index contributed by atoms with van der Waals surface area (Å²) < 4.78 is 0. The summed E-state index contributed by atoms with van der Waals surface area (Å²) in [4.78, 5) is 0. The Morgan fingerprint density at radius 1 is 1.30 bits per heavy atom. The van der Waals surface area contributed by atoms with Gasteiger partial charge in [0.25, 0.3) is 0 Å². The Balaban J connectivity index is 2.72. The van der Waals surface area contributed by atoms with Gasteiger partial charge in [0.05, 0.1) is 0 Å². The molecule has 0 saturated carbocycles. The second kappa shape index (κ2) is 8.48. The smallest absolute Gasteiger partial charge is 0.0443 e. The van der Waals surface area contributed by atoms with Crippen molar-refractivity contribution < 1.29 is 5.11 Å². The second-order valence-corrected chi connectivity index (χ2v) is 2.13. The van der Waals surface area contributed by atoms with Gasteiger partial charge in [0.2, 0.25) is 0 Å². The maximum Gasteiger partial charge on any atom is 0.0443 e. The molecule has 2 heteroatoms. The molecule has 2 N–H and O–H groups in total. The summed E-state index contributed by atoms with van der Waals surface area (Å²) in [5, 5.41) is 11.6. The molecule has 0 aliphatic rings. The number of aliphatic hydroxyl groups is 1. The van der Waals surface area contributed by atoms with Crippen LogP contribution in [0.2, 0.25) is 0 Å². The van der Waals surface area contributed by atoms with Gasteiger partial charge >= 0.3 is 0 Å². The Morgan fingerprint density at radius 3 is 2.60 bits per heavy atom. The number of hydrogen-bond acceptors (Lipinski definition) is 2. The predicted octanol–water partition coefficient (Wildman–Crippen LogP) is 0.372. The topological polar surface area (TPSA) is 32.3 Å². The fraction of sp³-hybridized carbons (Fsp3) is 0.750. The monoisotopic (exact) mass is 141 g/mol. The van der Waals surface area contributed by atoms with Crippen LogP contribution in [0.4, 0.5) is 0 Å². The zero-order valence-electron chi connectivity index (χ0n) is 6.27. The van der Waals surface area contributed by atoms with Crippen LogP contribution >= 0.6 is 0 Å². The highest BCUT2D eigenvalue weighted by Crippen LogP contribution is 1.82. The molecule has 0 rings (SSSR count). The summed E-state index contributed by atoms with van der Waals surface area (Å²) >= 11 is 0. The first-order chi connectivity index (χ1) is 4.91. The molecule has 58 valence electrons. The van der Waals surface area contributed by atoms with Crippen molar-refractivity contribution in [2.75, 3.05) is 19.7 Å². The normalized spacial score (nSPS) is 9.20. The van der Waals surface area contributed by atoms with Crippen LogP contribution in [0.15, 0.2) is 0 Å². The molecule has 0 radical (unpaired) electrons. The fourth-order valence-corrected chi connectivity index (χ4v) is 0.645. The number of terminal acetylenes is 1. The summed E-state index contributed by atoms with van der Waals surface area (Å²) in [7, 11) is 0. The van der Waals surface area contributed by atoms with Crippen molar-refractivity contribution in [3.63, 3.8) is 0 Å². The zero-order chi connectivity index (χ0) is 7.66. The van der Waals surface area contributed by atoms with Gasteiger partial charge in [0.1, 0.15) is 0 Å². The minimum atomic E-state index is 0.266. The maximum atomic E-state index is 8.40. The van der Waals surface area contributed by atoms with Gasteiger partial charge in [0.15, 0.2) is 0 Å². The van der Waals surface area contributed by atoms with Crippen LogP contribution in [-0.4, -0.2) is 24.8 Å². The summed E-state index contributed by atoms with van der Waals surface area (Å²) in [5.74, 6) is 2.57. The van der Waals surface area contributed by atoms with E-state index in [0.29, 0.717) is 0 Å². The molecule has 0 aromatic rings. The molecular formula is C8H15NO. The van der Waals surface area contributed by atoms with E-state index in [2.05, 4.69) is 11.2 Å². The van der Waals surface area contributed by atoms with Gasteiger partial charge in [-0.3, -0.25) is 0 Å². The Kier molecular flexibility index (Phi) is 8.04. The molecule has 0 heterocycles. The molecule has 2 nitrogen and oxygen atoms in total. The number of aliphatic hydroxyl groups excluding tert-OH is 1. The van der Waals surface area contributed by atoms with Crippen molar-refractivity contribution in [3.05, 3.63) is 0 Å². The van der Waals surface area contributed by atoms with Gasteiger partial charge in [-0.05, 0) is 25.9 Å². The molecule has 0 bridgehead atoms. The van der Waals surface area contributed by atoms with Gasteiger partial charge in [-0.15, -0.1) is 12.3 Å². The minimum absolute atomic E-state index is 0.266. The fourth-order valence-electron chi connectivity index (χ4n) is 0.645. The van der Waals surface area contributed by atoms with Crippen LogP contribution in [0.5, 0.6) is 0 Å². The van der Waals surface area contributed by atoms with Gasteiger partial charge in [-0.25, -0.2) is 0 Å². The average Bonchev–Trinajstić information content (AvgIpc) is 1.97. The van der Waals surface area contributed by atoms with Crippen molar-refractivity contribution >= 4 is 0 Å².